The first-order valence-corrected chi connectivity index (χ1v) is 7.71. The molecule has 3 rings (SSSR count). The zero-order chi connectivity index (χ0) is 16.4. The van der Waals surface area contributed by atoms with Gasteiger partial charge < -0.3 is 0 Å². The number of halogens is 1. The zero-order valence-electron chi connectivity index (χ0n) is 12.6. The number of fused-ring (bicyclic) bond motifs is 1. The molecule has 1 aromatic heterocycles. The van der Waals surface area contributed by atoms with Gasteiger partial charge in [0, 0.05) is 10.9 Å². The van der Waals surface area contributed by atoms with Gasteiger partial charge in [-0.05, 0) is 24.1 Å². The molecule has 1 amide bonds. The standard InChI is InChI=1S/C18H16ClN3O/c1-2-11-6-8-12(9-7-11)16-10-14(18(23)22-20)13-4-3-5-15(19)17(13)21-16/h3-10H,2,20H2,1H3,(H,22,23). The molecule has 0 saturated heterocycles. The van der Waals surface area contributed by atoms with Crippen LogP contribution in [0.15, 0.2) is 48.5 Å². The fraction of sp³-hybridized carbons (Fsp3) is 0.111. The molecule has 5 heteroatoms. The normalized spacial score (nSPS) is 10.7. The molecule has 0 atom stereocenters. The van der Waals surface area contributed by atoms with Crippen LogP contribution in [0.5, 0.6) is 0 Å². The highest BCUT2D eigenvalue weighted by Crippen LogP contribution is 2.29. The van der Waals surface area contributed by atoms with E-state index < -0.39 is 0 Å². The fourth-order valence-electron chi connectivity index (χ4n) is 2.54. The monoisotopic (exact) mass is 325 g/mol. The minimum atomic E-state index is -0.369. The van der Waals surface area contributed by atoms with Gasteiger partial charge in [0.1, 0.15) is 0 Å². The first-order valence-electron chi connectivity index (χ1n) is 7.33. The number of amides is 1. The number of benzene rings is 2. The van der Waals surface area contributed by atoms with Crippen molar-refractivity contribution >= 4 is 28.4 Å². The number of nitrogens with one attached hydrogen (secondary N) is 1. The number of hydrazine groups is 1. The Labute approximate surface area is 139 Å². The Bertz CT molecular complexity index is 875. The van der Waals surface area contributed by atoms with E-state index in [1.54, 1.807) is 18.2 Å². The maximum atomic E-state index is 12.1. The van der Waals surface area contributed by atoms with Crippen LogP contribution in [0.2, 0.25) is 5.02 Å². The van der Waals surface area contributed by atoms with Crippen LogP contribution in [-0.4, -0.2) is 10.9 Å². The number of aryl methyl sites for hydroxylation is 1. The average molecular weight is 326 g/mol. The molecule has 2 aromatic carbocycles. The van der Waals surface area contributed by atoms with Crippen LogP contribution < -0.4 is 11.3 Å². The van der Waals surface area contributed by atoms with E-state index in [-0.39, 0.29) is 5.91 Å². The van der Waals surface area contributed by atoms with Crippen molar-refractivity contribution in [3.05, 3.63) is 64.7 Å². The minimum absolute atomic E-state index is 0.369. The second kappa shape index (κ2) is 6.36. The molecule has 0 spiro atoms. The van der Waals surface area contributed by atoms with E-state index in [0.717, 1.165) is 12.0 Å². The number of hydrogen-bond donors (Lipinski definition) is 2. The van der Waals surface area contributed by atoms with E-state index in [2.05, 4.69) is 29.5 Å². The maximum Gasteiger partial charge on any atom is 0.265 e. The van der Waals surface area contributed by atoms with Crippen molar-refractivity contribution in [2.45, 2.75) is 13.3 Å². The van der Waals surface area contributed by atoms with Gasteiger partial charge in [-0.15, -0.1) is 0 Å². The zero-order valence-corrected chi connectivity index (χ0v) is 13.4. The van der Waals surface area contributed by atoms with E-state index in [1.165, 1.54) is 5.56 Å². The lowest BCUT2D eigenvalue weighted by Gasteiger charge is -2.10. The number of rotatable bonds is 3. The number of para-hydroxylation sites is 1. The molecular weight excluding hydrogens is 310 g/mol. The Hall–Kier alpha value is -2.43. The molecule has 1 heterocycles. The number of nitrogens with zero attached hydrogens (tertiary/aromatic N) is 1. The molecule has 0 saturated carbocycles. The Morgan fingerprint density at radius 1 is 1.22 bits per heavy atom. The van der Waals surface area contributed by atoms with Crippen LogP contribution in [0.1, 0.15) is 22.8 Å². The smallest absolute Gasteiger partial charge is 0.265 e. The third kappa shape index (κ3) is 2.91. The summed E-state index contributed by atoms with van der Waals surface area (Å²) in [5, 5.41) is 1.18. The summed E-state index contributed by atoms with van der Waals surface area (Å²) >= 11 is 6.26. The molecule has 0 bridgehead atoms. The van der Waals surface area contributed by atoms with Gasteiger partial charge in [0.25, 0.3) is 5.91 Å². The molecule has 0 unspecified atom stereocenters. The molecule has 0 radical (unpaired) electrons. The molecule has 0 fully saturated rings. The van der Waals surface area contributed by atoms with Crippen molar-refractivity contribution in [3.8, 4) is 11.3 Å². The van der Waals surface area contributed by atoms with Crippen LogP contribution in [0.25, 0.3) is 22.2 Å². The molecule has 23 heavy (non-hydrogen) atoms. The highest BCUT2D eigenvalue weighted by atomic mass is 35.5. The second-order valence-corrected chi connectivity index (χ2v) is 5.62. The van der Waals surface area contributed by atoms with Crippen molar-refractivity contribution in [1.29, 1.82) is 0 Å². The van der Waals surface area contributed by atoms with Crippen molar-refractivity contribution in [2.24, 2.45) is 5.84 Å². The lowest BCUT2D eigenvalue weighted by Crippen LogP contribution is -2.30. The number of nitrogens with two attached hydrogens (primary N) is 1. The molecular formula is C18H16ClN3O. The molecule has 4 nitrogen and oxygen atoms in total. The summed E-state index contributed by atoms with van der Waals surface area (Å²) < 4.78 is 0. The van der Waals surface area contributed by atoms with Crippen molar-refractivity contribution < 1.29 is 4.79 Å². The summed E-state index contributed by atoms with van der Waals surface area (Å²) in [6.45, 7) is 2.10. The summed E-state index contributed by atoms with van der Waals surface area (Å²) in [7, 11) is 0. The number of carbonyl (C=O) groups excluding carboxylic acids is 1. The first-order chi connectivity index (χ1) is 11.1. The van der Waals surface area contributed by atoms with Gasteiger partial charge in [0.05, 0.1) is 21.8 Å². The van der Waals surface area contributed by atoms with Gasteiger partial charge in [0.15, 0.2) is 0 Å². The summed E-state index contributed by atoms with van der Waals surface area (Å²) in [5.41, 5.74) is 6.08. The van der Waals surface area contributed by atoms with E-state index in [9.17, 15) is 4.79 Å². The van der Waals surface area contributed by atoms with Gasteiger partial charge in [-0.3, -0.25) is 10.2 Å². The van der Waals surface area contributed by atoms with E-state index in [0.29, 0.717) is 27.2 Å². The van der Waals surface area contributed by atoms with Crippen LogP contribution in [0, 0.1) is 0 Å². The first kappa shape index (κ1) is 15.5. The van der Waals surface area contributed by atoms with Gasteiger partial charge in [-0.25, -0.2) is 10.8 Å². The van der Waals surface area contributed by atoms with E-state index in [4.69, 9.17) is 17.4 Å². The molecule has 3 aromatic rings. The molecule has 3 N–H and O–H groups in total. The predicted molar refractivity (Wildman–Crippen MR) is 93.2 cm³/mol. The Kier molecular flexibility index (Phi) is 4.28. The third-order valence-electron chi connectivity index (χ3n) is 3.82. The van der Waals surface area contributed by atoms with Crippen molar-refractivity contribution in [2.75, 3.05) is 0 Å². The van der Waals surface area contributed by atoms with Crippen LogP contribution in [-0.2, 0) is 6.42 Å². The second-order valence-electron chi connectivity index (χ2n) is 5.21. The third-order valence-corrected chi connectivity index (χ3v) is 4.13. The Balaban J connectivity index is 2.24. The lowest BCUT2D eigenvalue weighted by atomic mass is 10.0. The number of hydrogen-bond acceptors (Lipinski definition) is 3. The van der Waals surface area contributed by atoms with Gasteiger partial charge >= 0.3 is 0 Å². The fourth-order valence-corrected chi connectivity index (χ4v) is 2.76. The number of carbonyl (C=O) groups is 1. The van der Waals surface area contributed by atoms with Crippen molar-refractivity contribution in [1.82, 2.24) is 10.4 Å². The number of aromatic nitrogens is 1. The lowest BCUT2D eigenvalue weighted by molar-refractivity contribution is 0.0955. The van der Waals surface area contributed by atoms with Gasteiger partial charge in [-0.2, -0.15) is 0 Å². The van der Waals surface area contributed by atoms with Gasteiger partial charge in [-0.1, -0.05) is 54.9 Å². The Morgan fingerprint density at radius 2 is 1.96 bits per heavy atom. The molecule has 0 aliphatic carbocycles. The summed E-state index contributed by atoms with van der Waals surface area (Å²) in [4.78, 5) is 16.7. The highest BCUT2D eigenvalue weighted by Gasteiger charge is 2.14. The topological polar surface area (TPSA) is 68.0 Å². The highest BCUT2D eigenvalue weighted by molar-refractivity contribution is 6.35. The van der Waals surface area contributed by atoms with Crippen LogP contribution >= 0.6 is 11.6 Å². The summed E-state index contributed by atoms with van der Waals surface area (Å²) in [5.74, 6) is 4.94. The Morgan fingerprint density at radius 3 is 2.61 bits per heavy atom. The van der Waals surface area contributed by atoms with Crippen LogP contribution in [0.4, 0.5) is 0 Å². The minimum Gasteiger partial charge on any atom is -0.290 e. The summed E-state index contributed by atoms with van der Waals surface area (Å²) in [6.07, 6.45) is 0.970. The van der Waals surface area contributed by atoms with Crippen LogP contribution in [0.3, 0.4) is 0 Å². The number of nitrogen functional groups attached to an aromatic ring is 1. The number of pyridine rings is 1. The molecule has 0 aliphatic rings. The largest absolute Gasteiger partial charge is 0.290 e. The van der Waals surface area contributed by atoms with Crippen molar-refractivity contribution in [3.63, 3.8) is 0 Å². The SMILES string of the molecule is CCc1ccc(-c2cc(C(=O)NN)c3cccc(Cl)c3n2)cc1. The van der Waals surface area contributed by atoms with Gasteiger partial charge in [0.2, 0.25) is 0 Å². The van der Waals surface area contributed by atoms with E-state index in [1.807, 2.05) is 18.2 Å². The average Bonchev–Trinajstić information content (AvgIpc) is 2.61. The maximum absolute atomic E-state index is 12.1. The summed E-state index contributed by atoms with van der Waals surface area (Å²) in [6, 6.07) is 15.2. The predicted octanol–water partition coefficient (Wildman–Crippen LogP) is 3.72. The molecule has 116 valence electrons. The molecule has 0 aliphatic heterocycles. The quantitative estimate of drug-likeness (QED) is 0.438. The van der Waals surface area contributed by atoms with E-state index >= 15 is 0 Å².